The van der Waals surface area contributed by atoms with E-state index < -0.39 is 24.5 Å². The summed E-state index contributed by atoms with van der Waals surface area (Å²) in [6.45, 7) is 3.31. The van der Waals surface area contributed by atoms with Crippen molar-refractivity contribution < 1.29 is 19.1 Å². The Morgan fingerprint density at radius 2 is 1.96 bits per heavy atom. The second-order valence-electron chi connectivity index (χ2n) is 6.50. The van der Waals surface area contributed by atoms with Crippen LogP contribution >= 0.6 is 0 Å². The lowest BCUT2D eigenvalue weighted by atomic mass is 9.86. The van der Waals surface area contributed by atoms with Gasteiger partial charge in [-0.15, -0.1) is 0 Å². The molecule has 7 nitrogen and oxygen atoms in total. The first-order chi connectivity index (χ1) is 11.9. The van der Waals surface area contributed by atoms with Gasteiger partial charge in [0.15, 0.2) is 6.61 Å². The second kappa shape index (κ2) is 8.50. The number of aryl methyl sites for hydroxylation is 1. The molecule has 1 aromatic rings. The Morgan fingerprint density at radius 3 is 2.68 bits per heavy atom. The number of para-hydroxylation sites is 1. The number of hydrogen-bond donors (Lipinski definition) is 3. The highest BCUT2D eigenvalue weighted by Gasteiger charge is 2.23. The van der Waals surface area contributed by atoms with Gasteiger partial charge in [0.25, 0.3) is 5.91 Å². The second-order valence-corrected chi connectivity index (χ2v) is 6.50. The van der Waals surface area contributed by atoms with Crippen LogP contribution in [-0.4, -0.2) is 30.6 Å². The van der Waals surface area contributed by atoms with Gasteiger partial charge in [0.1, 0.15) is 0 Å². The maximum absolute atomic E-state index is 12.0. The SMILES string of the molecule is Cc1cccc(C(=O)OCC(=O)NC(=O)N[C@@H]2CCCC[C@@H]2C)c1N. The van der Waals surface area contributed by atoms with Gasteiger partial charge in [0.2, 0.25) is 0 Å². The van der Waals surface area contributed by atoms with Gasteiger partial charge in [-0.3, -0.25) is 10.1 Å². The van der Waals surface area contributed by atoms with Crippen LogP contribution in [0.25, 0.3) is 0 Å². The van der Waals surface area contributed by atoms with E-state index in [1.54, 1.807) is 19.1 Å². The predicted octanol–water partition coefficient (Wildman–Crippen LogP) is 2.14. The van der Waals surface area contributed by atoms with Gasteiger partial charge in [-0.25, -0.2) is 9.59 Å². The van der Waals surface area contributed by atoms with E-state index in [-0.39, 0.29) is 11.6 Å². The number of amides is 3. The Hall–Kier alpha value is -2.57. The van der Waals surface area contributed by atoms with Crippen LogP contribution in [0.1, 0.15) is 48.5 Å². The van der Waals surface area contributed by atoms with Crippen molar-refractivity contribution in [2.24, 2.45) is 5.92 Å². The average molecular weight is 347 g/mol. The summed E-state index contributed by atoms with van der Waals surface area (Å²) in [5.41, 5.74) is 7.09. The number of hydrogen-bond acceptors (Lipinski definition) is 5. The molecule has 2 atom stereocenters. The Balaban J connectivity index is 1.79. The third-order valence-electron chi connectivity index (χ3n) is 4.56. The van der Waals surface area contributed by atoms with Gasteiger partial charge in [0.05, 0.1) is 5.56 Å². The van der Waals surface area contributed by atoms with Crippen molar-refractivity contribution in [3.63, 3.8) is 0 Å². The molecule has 0 saturated heterocycles. The van der Waals surface area contributed by atoms with E-state index in [0.29, 0.717) is 11.6 Å². The molecule has 136 valence electrons. The van der Waals surface area contributed by atoms with E-state index in [0.717, 1.165) is 31.2 Å². The lowest BCUT2D eigenvalue weighted by molar-refractivity contribution is -0.123. The van der Waals surface area contributed by atoms with Crippen LogP contribution in [0, 0.1) is 12.8 Å². The molecule has 0 unspecified atom stereocenters. The number of carbonyl (C=O) groups is 3. The van der Waals surface area contributed by atoms with E-state index in [2.05, 4.69) is 17.6 Å². The van der Waals surface area contributed by atoms with Crippen LogP contribution in [0.15, 0.2) is 18.2 Å². The predicted molar refractivity (Wildman–Crippen MR) is 94.0 cm³/mol. The maximum Gasteiger partial charge on any atom is 0.340 e. The number of carbonyl (C=O) groups excluding carboxylic acids is 3. The number of nitrogens with one attached hydrogen (secondary N) is 2. The van der Waals surface area contributed by atoms with Crippen LogP contribution in [-0.2, 0) is 9.53 Å². The normalized spacial score (nSPS) is 19.8. The Kier molecular flexibility index (Phi) is 6.38. The molecule has 1 saturated carbocycles. The third-order valence-corrected chi connectivity index (χ3v) is 4.56. The molecule has 0 aliphatic heterocycles. The first-order valence-corrected chi connectivity index (χ1v) is 8.51. The largest absolute Gasteiger partial charge is 0.452 e. The molecule has 1 aliphatic carbocycles. The van der Waals surface area contributed by atoms with Gasteiger partial charge in [-0.1, -0.05) is 31.9 Å². The number of benzene rings is 1. The zero-order valence-corrected chi connectivity index (χ0v) is 14.6. The van der Waals surface area contributed by atoms with Crippen molar-refractivity contribution in [1.29, 1.82) is 0 Å². The molecule has 0 bridgehead atoms. The minimum Gasteiger partial charge on any atom is -0.452 e. The van der Waals surface area contributed by atoms with Crippen molar-refractivity contribution in [2.75, 3.05) is 12.3 Å². The summed E-state index contributed by atoms with van der Waals surface area (Å²) in [5.74, 6) is -0.991. The standard InChI is InChI=1S/C18H25N3O4/c1-11-6-3-4-9-14(11)20-18(24)21-15(22)10-25-17(23)13-8-5-7-12(2)16(13)19/h5,7-8,11,14H,3-4,6,9-10,19H2,1-2H3,(H2,20,21,22,24)/t11-,14+/m0/s1. The van der Waals surface area contributed by atoms with Crippen molar-refractivity contribution in [2.45, 2.75) is 45.6 Å². The van der Waals surface area contributed by atoms with Gasteiger partial charge < -0.3 is 15.8 Å². The summed E-state index contributed by atoms with van der Waals surface area (Å²) >= 11 is 0. The fourth-order valence-corrected chi connectivity index (χ4v) is 2.97. The summed E-state index contributed by atoms with van der Waals surface area (Å²) in [6, 6.07) is 4.49. The van der Waals surface area contributed by atoms with E-state index in [4.69, 9.17) is 10.5 Å². The van der Waals surface area contributed by atoms with Crippen LogP contribution in [0.4, 0.5) is 10.5 Å². The topological polar surface area (TPSA) is 111 Å². The van der Waals surface area contributed by atoms with Gasteiger partial charge in [0, 0.05) is 11.7 Å². The Labute approximate surface area is 147 Å². The van der Waals surface area contributed by atoms with E-state index in [9.17, 15) is 14.4 Å². The highest BCUT2D eigenvalue weighted by molar-refractivity contribution is 5.99. The fourth-order valence-electron chi connectivity index (χ4n) is 2.97. The van der Waals surface area contributed by atoms with E-state index in [1.807, 2.05) is 0 Å². The minimum absolute atomic E-state index is 0.0659. The zero-order chi connectivity index (χ0) is 18.4. The number of urea groups is 1. The van der Waals surface area contributed by atoms with E-state index in [1.165, 1.54) is 6.07 Å². The summed E-state index contributed by atoms with van der Waals surface area (Å²) in [4.78, 5) is 35.6. The first kappa shape index (κ1) is 18.8. The van der Waals surface area contributed by atoms with Crippen LogP contribution in [0.5, 0.6) is 0 Å². The van der Waals surface area contributed by atoms with Crippen molar-refractivity contribution in [1.82, 2.24) is 10.6 Å². The number of imide groups is 1. The third kappa shape index (κ3) is 5.20. The molecule has 0 spiro atoms. The summed E-state index contributed by atoms with van der Waals surface area (Å²) in [5, 5.41) is 4.99. The Bertz CT molecular complexity index is 660. The molecule has 1 aromatic carbocycles. The molecule has 3 amide bonds. The number of anilines is 1. The average Bonchev–Trinajstić information content (AvgIpc) is 2.57. The van der Waals surface area contributed by atoms with Gasteiger partial charge in [-0.05, 0) is 37.3 Å². The molecule has 1 aliphatic rings. The van der Waals surface area contributed by atoms with Gasteiger partial charge in [-0.2, -0.15) is 0 Å². The fraction of sp³-hybridized carbons (Fsp3) is 0.500. The lowest BCUT2D eigenvalue weighted by Crippen LogP contribution is -2.48. The molecule has 1 fully saturated rings. The van der Waals surface area contributed by atoms with E-state index >= 15 is 0 Å². The number of esters is 1. The highest BCUT2D eigenvalue weighted by atomic mass is 16.5. The number of rotatable bonds is 4. The maximum atomic E-state index is 12.0. The van der Waals surface area contributed by atoms with Crippen molar-refractivity contribution >= 4 is 23.6 Å². The molecule has 0 aromatic heterocycles. The minimum atomic E-state index is -0.697. The van der Waals surface area contributed by atoms with Crippen molar-refractivity contribution in [3.05, 3.63) is 29.3 Å². The highest BCUT2D eigenvalue weighted by Crippen LogP contribution is 2.23. The smallest absolute Gasteiger partial charge is 0.340 e. The number of ether oxygens (including phenoxy) is 1. The Morgan fingerprint density at radius 1 is 1.24 bits per heavy atom. The summed E-state index contributed by atoms with van der Waals surface area (Å²) in [7, 11) is 0. The van der Waals surface area contributed by atoms with Gasteiger partial charge >= 0.3 is 12.0 Å². The molecule has 7 heteroatoms. The van der Waals surface area contributed by atoms with Crippen LogP contribution in [0.3, 0.4) is 0 Å². The van der Waals surface area contributed by atoms with Crippen LogP contribution < -0.4 is 16.4 Å². The number of nitrogens with two attached hydrogens (primary N) is 1. The van der Waals surface area contributed by atoms with Crippen LogP contribution in [0.2, 0.25) is 0 Å². The molecule has 0 heterocycles. The molecule has 2 rings (SSSR count). The zero-order valence-electron chi connectivity index (χ0n) is 14.6. The molecule has 25 heavy (non-hydrogen) atoms. The number of nitrogen functional groups attached to an aromatic ring is 1. The summed E-state index contributed by atoms with van der Waals surface area (Å²) < 4.78 is 4.93. The lowest BCUT2D eigenvalue weighted by Gasteiger charge is -2.29. The summed E-state index contributed by atoms with van der Waals surface area (Å²) in [6.07, 6.45) is 4.20. The molecular formula is C18H25N3O4. The van der Waals surface area contributed by atoms with Crippen molar-refractivity contribution in [3.8, 4) is 0 Å². The molecule has 0 radical (unpaired) electrons. The molecule has 4 N–H and O–H groups in total. The quantitative estimate of drug-likeness (QED) is 0.571. The monoisotopic (exact) mass is 347 g/mol. The first-order valence-electron chi connectivity index (χ1n) is 8.51. The molecular weight excluding hydrogens is 322 g/mol.